The van der Waals surface area contributed by atoms with Crippen LogP contribution in [0.4, 0.5) is 5.13 Å². The molecule has 0 fully saturated rings. The quantitative estimate of drug-likeness (QED) is 0.195. The van der Waals surface area contributed by atoms with Crippen molar-refractivity contribution in [2.75, 3.05) is 59.4 Å². The van der Waals surface area contributed by atoms with Gasteiger partial charge in [0, 0.05) is 25.2 Å². The zero-order chi connectivity index (χ0) is 29.3. The number of fused-ring (bicyclic) bond motifs is 1. The van der Waals surface area contributed by atoms with Gasteiger partial charge in [-0.15, -0.1) is 12.4 Å². The predicted molar refractivity (Wildman–Crippen MR) is 170 cm³/mol. The summed E-state index contributed by atoms with van der Waals surface area (Å²) in [5.41, 5.74) is 1.03. The maximum absolute atomic E-state index is 13.8. The predicted octanol–water partition coefficient (Wildman–Crippen LogP) is 5.92. The van der Waals surface area contributed by atoms with Crippen LogP contribution in [0.2, 0.25) is 0 Å². The summed E-state index contributed by atoms with van der Waals surface area (Å²) in [4.78, 5) is 22.5. The lowest BCUT2D eigenvalue weighted by Gasteiger charge is -2.23. The lowest BCUT2D eigenvalue weighted by molar-refractivity contribution is 0.0986. The number of hydrogen-bond acceptors (Lipinski definition) is 8. The first-order valence-corrected chi connectivity index (χ1v) is 16.0. The number of halogens is 1. The van der Waals surface area contributed by atoms with Crippen molar-refractivity contribution >= 4 is 55.0 Å². The zero-order valence-electron chi connectivity index (χ0n) is 24.9. The van der Waals surface area contributed by atoms with Crippen LogP contribution in [0.3, 0.4) is 0 Å². The van der Waals surface area contributed by atoms with Crippen molar-refractivity contribution in [3.8, 4) is 11.5 Å². The van der Waals surface area contributed by atoms with Crippen molar-refractivity contribution in [2.45, 2.75) is 50.8 Å². The van der Waals surface area contributed by atoms with Gasteiger partial charge in [-0.1, -0.05) is 38.0 Å². The summed E-state index contributed by atoms with van der Waals surface area (Å²) in [7, 11) is 3.51. The third kappa shape index (κ3) is 8.54. The second-order valence-corrected chi connectivity index (χ2v) is 12.8. The highest BCUT2D eigenvalue weighted by Gasteiger charge is 2.26. The smallest absolute Gasteiger partial charge is 0.260 e. The van der Waals surface area contributed by atoms with Gasteiger partial charge in [-0.3, -0.25) is 9.69 Å². The van der Waals surface area contributed by atoms with E-state index in [0.29, 0.717) is 47.3 Å². The third-order valence-corrected chi connectivity index (χ3v) is 9.63. The number of unbranched alkanes of at least 4 members (excludes halogenated alkanes) is 2. The van der Waals surface area contributed by atoms with E-state index in [0.717, 1.165) is 43.3 Å². The van der Waals surface area contributed by atoms with Gasteiger partial charge in [0.15, 0.2) is 5.13 Å². The molecule has 0 aliphatic carbocycles. The van der Waals surface area contributed by atoms with E-state index in [1.165, 1.54) is 23.5 Å². The van der Waals surface area contributed by atoms with Crippen LogP contribution in [-0.2, 0) is 10.0 Å². The molecule has 0 atom stereocenters. The van der Waals surface area contributed by atoms with E-state index in [1.54, 1.807) is 41.6 Å². The topological polar surface area (TPSA) is 92.3 Å². The minimum Gasteiger partial charge on any atom is -0.495 e. The number of aromatic nitrogens is 1. The van der Waals surface area contributed by atoms with Gasteiger partial charge in [-0.2, -0.15) is 4.31 Å². The molecular formula is C29H43ClN4O5S2. The van der Waals surface area contributed by atoms with Crippen molar-refractivity contribution in [1.29, 1.82) is 0 Å². The second kappa shape index (κ2) is 16.3. The Bertz CT molecular complexity index is 1310. The standard InChI is InChI=1S/C29H42N4O5S2.ClH/c1-7-9-19-32(20-10-8-2)40(35,36)23-14-12-22(13-15-23)28(34)33(21-11-18-31(3)4)29-30-26-24(37-5)16-17-25(38-6)27(26)39-29;/h12-17H,7-11,18-21H2,1-6H3;1H. The van der Waals surface area contributed by atoms with Gasteiger partial charge in [0.1, 0.15) is 21.7 Å². The second-order valence-electron chi connectivity index (χ2n) is 9.89. The number of ether oxygens (including phenoxy) is 2. The van der Waals surface area contributed by atoms with E-state index >= 15 is 0 Å². The van der Waals surface area contributed by atoms with Gasteiger partial charge in [-0.25, -0.2) is 13.4 Å². The maximum Gasteiger partial charge on any atom is 0.260 e. The van der Waals surface area contributed by atoms with Crippen molar-refractivity contribution in [3.63, 3.8) is 0 Å². The van der Waals surface area contributed by atoms with E-state index in [2.05, 4.69) is 4.90 Å². The molecule has 1 aromatic heterocycles. The summed E-state index contributed by atoms with van der Waals surface area (Å²) in [5, 5.41) is 0.531. The fourth-order valence-electron chi connectivity index (χ4n) is 4.31. The molecule has 1 amide bonds. The molecule has 0 bridgehead atoms. The summed E-state index contributed by atoms with van der Waals surface area (Å²) in [6.07, 6.45) is 4.18. The normalized spacial score (nSPS) is 11.6. The van der Waals surface area contributed by atoms with E-state index in [1.807, 2.05) is 34.0 Å². The van der Waals surface area contributed by atoms with Crippen molar-refractivity contribution in [2.24, 2.45) is 0 Å². The molecule has 3 rings (SSSR count). The Kier molecular flexibility index (Phi) is 13.8. The molecule has 0 spiro atoms. The van der Waals surface area contributed by atoms with Gasteiger partial charge < -0.3 is 14.4 Å². The van der Waals surface area contributed by atoms with Gasteiger partial charge in [0.2, 0.25) is 10.0 Å². The Balaban J connectivity index is 0.00000588. The highest BCUT2D eigenvalue weighted by Crippen LogP contribution is 2.40. The van der Waals surface area contributed by atoms with Gasteiger partial charge >= 0.3 is 0 Å². The van der Waals surface area contributed by atoms with E-state index in [9.17, 15) is 13.2 Å². The number of thiazole rings is 1. The minimum atomic E-state index is -3.65. The fraction of sp³-hybridized carbons (Fsp3) is 0.517. The van der Waals surface area contributed by atoms with Crippen LogP contribution >= 0.6 is 23.7 Å². The first-order chi connectivity index (χ1) is 19.2. The molecule has 0 aliphatic rings. The number of methoxy groups -OCH3 is 2. The molecule has 228 valence electrons. The first-order valence-electron chi connectivity index (χ1n) is 13.8. The summed E-state index contributed by atoms with van der Waals surface area (Å²) < 4.78 is 40.2. The largest absolute Gasteiger partial charge is 0.495 e. The molecule has 0 radical (unpaired) electrons. The maximum atomic E-state index is 13.8. The van der Waals surface area contributed by atoms with Crippen LogP contribution in [0, 0.1) is 0 Å². The van der Waals surface area contributed by atoms with Crippen LogP contribution < -0.4 is 14.4 Å². The monoisotopic (exact) mass is 626 g/mol. The molecule has 0 saturated heterocycles. The van der Waals surface area contributed by atoms with Crippen molar-refractivity contribution in [3.05, 3.63) is 42.0 Å². The Hall–Kier alpha value is -2.44. The molecule has 0 saturated carbocycles. The van der Waals surface area contributed by atoms with Crippen LogP contribution in [0.25, 0.3) is 10.2 Å². The van der Waals surface area contributed by atoms with E-state index in [4.69, 9.17) is 14.5 Å². The Morgan fingerprint density at radius 2 is 1.44 bits per heavy atom. The Morgan fingerprint density at radius 1 is 0.854 bits per heavy atom. The molecule has 2 aromatic carbocycles. The van der Waals surface area contributed by atoms with Crippen LogP contribution in [0.5, 0.6) is 11.5 Å². The number of anilines is 1. The number of carbonyl (C=O) groups is 1. The highest BCUT2D eigenvalue weighted by atomic mass is 35.5. The summed E-state index contributed by atoms with van der Waals surface area (Å²) in [5.74, 6) is 1.02. The lowest BCUT2D eigenvalue weighted by Crippen LogP contribution is -2.34. The van der Waals surface area contributed by atoms with Gasteiger partial charge in [0.05, 0.1) is 19.1 Å². The molecule has 9 nitrogen and oxygen atoms in total. The van der Waals surface area contributed by atoms with Gasteiger partial charge in [-0.05, 0) is 76.3 Å². The third-order valence-electron chi connectivity index (χ3n) is 6.62. The molecule has 3 aromatic rings. The number of amides is 1. The van der Waals surface area contributed by atoms with Crippen LogP contribution in [-0.4, -0.2) is 83.0 Å². The molecule has 1 heterocycles. The summed E-state index contributed by atoms with van der Waals surface area (Å²) in [6.45, 7) is 6.32. The Labute approximate surface area is 254 Å². The fourth-order valence-corrected chi connectivity index (χ4v) is 6.93. The van der Waals surface area contributed by atoms with E-state index in [-0.39, 0.29) is 23.2 Å². The molecule has 0 N–H and O–H groups in total. The molecule has 0 unspecified atom stereocenters. The zero-order valence-corrected chi connectivity index (χ0v) is 27.3. The average molecular weight is 627 g/mol. The highest BCUT2D eigenvalue weighted by molar-refractivity contribution is 7.89. The molecule has 41 heavy (non-hydrogen) atoms. The number of nitrogens with zero attached hydrogens (tertiary/aromatic N) is 4. The first kappa shape index (κ1) is 34.8. The van der Waals surface area contributed by atoms with Gasteiger partial charge in [0.25, 0.3) is 5.91 Å². The Morgan fingerprint density at radius 3 is 1.98 bits per heavy atom. The number of sulfonamides is 1. The van der Waals surface area contributed by atoms with Crippen LogP contribution in [0.15, 0.2) is 41.3 Å². The molecular weight excluding hydrogens is 584 g/mol. The minimum absolute atomic E-state index is 0. The number of carbonyl (C=O) groups excluding carboxylic acids is 1. The summed E-state index contributed by atoms with van der Waals surface area (Å²) >= 11 is 1.37. The summed E-state index contributed by atoms with van der Waals surface area (Å²) in [6, 6.07) is 9.89. The molecule has 12 heteroatoms. The SMILES string of the molecule is CCCCN(CCCC)S(=O)(=O)c1ccc(C(=O)N(CCCN(C)C)c2nc3c(OC)ccc(OC)c3s2)cc1.Cl. The lowest BCUT2D eigenvalue weighted by atomic mass is 10.2. The number of rotatable bonds is 16. The van der Waals surface area contributed by atoms with E-state index < -0.39 is 10.0 Å². The van der Waals surface area contributed by atoms with Crippen molar-refractivity contribution < 1.29 is 22.7 Å². The molecule has 0 aliphatic heterocycles. The number of hydrogen-bond donors (Lipinski definition) is 0. The van der Waals surface area contributed by atoms with Crippen molar-refractivity contribution in [1.82, 2.24) is 14.2 Å². The number of benzene rings is 2. The van der Waals surface area contributed by atoms with Crippen LogP contribution in [0.1, 0.15) is 56.3 Å². The average Bonchev–Trinajstić information content (AvgIpc) is 3.39.